The maximum Gasteiger partial charge on any atom is 0.243 e. The lowest BCUT2D eigenvalue weighted by Crippen LogP contribution is -2.46. The van der Waals surface area contributed by atoms with E-state index in [1.54, 1.807) is 11.0 Å². The zero-order valence-electron chi connectivity index (χ0n) is 19.2. The van der Waals surface area contributed by atoms with Crippen molar-refractivity contribution in [1.82, 2.24) is 9.29 Å². The summed E-state index contributed by atoms with van der Waals surface area (Å²) in [6.07, 6.45) is 2.12. The van der Waals surface area contributed by atoms with Gasteiger partial charge in [0.2, 0.25) is 15.9 Å². The molecule has 2 fully saturated rings. The number of nitrogens with zero attached hydrogens (tertiary/aromatic N) is 3. The molecule has 0 aliphatic carbocycles. The van der Waals surface area contributed by atoms with Crippen LogP contribution in [0.1, 0.15) is 25.7 Å². The van der Waals surface area contributed by atoms with Crippen molar-refractivity contribution in [3.05, 3.63) is 53.8 Å². The number of benzene rings is 2. The lowest BCUT2D eigenvalue weighted by molar-refractivity contribution is -0.123. The summed E-state index contributed by atoms with van der Waals surface area (Å²) in [5.74, 6) is -3.38. The summed E-state index contributed by atoms with van der Waals surface area (Å²) in [7, 11) is -4.03. The molecule has 0 saturated carbocycles. The van der Waals surface area contributed by atoms with Gasteiger partial charge in [-0.05, 0) is 62.1 Å². The topological polar surface area (TPSA) is 79.8 Å². The average Bonchev–Trinajstić information content (AvgIpc) is 3.53. The zero-order valence-corrected chi connectivity index (χ0v) is 20.8. The summed E-state index contributed by atoms with van der Waals surface area (Å²) in [5, 5.41) is 0.452. The first-order chi connectivity index (χ1) is 17.2. The van der Waals surface area contributed by atoms with Crippen molar-refractivity contribution < 1.29 is 31.1 Å². The van der Waals surface area contributed by atoms with Crippen LogP contribution in [-0.2, 0) is 19.6 Å². The van der Waals surface area contributed by atoms with E-state index in [4.69, 9.17) is 4.74 Å². The number of aromatic nitrogens is 1. The Morgan fingerprint density at radius 3 is 2.56 bits per heavy atom. The molecule has 3 aromatic rings. The molecule has 36 heavy (non-hydrogen) atoms. The quantitative estimate of drug-likeness (QED) is 0.466. The van der Waals surface area contributed by atoms with Crippen LogP contribution in [0, 0.1) is 23.4 Å². The summed E-state index contributed by atoms with van der Waals surface area (Å²) in [5.41, 5.74) is 0.592. The number of ether oxygens (including phenoxy) is 1. The van der Waals surface area contributed by atoms with Gasteiger partial charge in [0.05, 0.1) is 27.8 Å². The maximum absolute atomic E-state index is 13.7. The number of hydrogen-bond acceptors (Lipinski definition) is 6. The summed E-state index contributed by atoms with van der Waals surface area (Å²) in [4.78, 5) is 19.5. The van der Waals surface area contributed by atoms with Crippen LogP contribution in [0.5, 0.6) is 0 Å². The van der Waals surface area contributed by atoms with E-state index in [1.807, 2.05) is 0 Å². The lowest BCUT2D eigenvalue weighted by atomic mass is 9.96. The maximum atomic E-state index is 13.7. The largest absolute Gasteiger partial charge is 0.376 e. The highest BCUT2D eigenvalue weighted by Crippen LogP contribution is 2.33. The lowest BCUT2D eigenvalue weighted by Gasteiger charge is -2.33. The predicted octanol–water partition coefficient (Wildman–Crippen LogP) is 4.33. The molecule has 2 saturated heterocycles. The van der Waals surface area contributed by atoms with Gasteiger partial charge in [0.1, 0.15) is 5.82 Å². The molecule has 3 heterocycles. The van der Waals surface area contributed by atoms with Crippen LogP contribution in [0.4, 0.5) is 18.3 Å². The van der Waals surface area contributed by atoms with Crippen molar-refractivity contribution in [3.63, 3.8) is 0 Å². The summed E-state index contributed by atoms with van der Waals surface area (Å²) in [6, 6.07) is 6.76. The van der Waals surface area contributed by atoms with Crippen molar-refractivity contribution in [1.29, 1.82) is 0 Å². The van der Waals surface area contributed by atoms with E-state index in [0.717, 1.165) is 25.0 Å². The van der Waals surface area contributed by atoms with Gasteiger partial charge in [-0.2, -0.15) is 4.31 Å². The van der Waals surface area contributed by atoms with Crippen molar-refractivity contribution in [2.45, 2.75) is 36.7 Å². The first-order valence-electron chi connectivity index (χ1n) is 11.7. The van der Waals surface area contributed by atoms with Crippen molar-refractivity contribution >= 4 is 42.6 Å². The van der Waals surface area contributed by atoms with Crippen molar-refractivity contribution in [2.75, 3.05) is 31.1 Å². The average molecular weight is 540 g/mol. The molecule has 192 valence electrons. The fraction of sp³-hybridized carbons (Fsp3) is 0.417. The molecule has 2 aliphatic heterocycles. The van der Waals surface area contributed by atoms with Gasteiger partial charge in [0, 0.05) is 25.6 Å². The van der Waals surface area contributed by atoms with Crippen LogP contribution < -0.4 is 4.90 Å². The SMILES string of the molecule is O=C(C1CCN(S(=O)(=O)c2ccc(F)c(F)c2)CC1)N(CC1CCCO1)c1nc2ccc(F)cc2s1. The molecule has 0 N–H and O–H groups in total. The molecule has 1 amide bonds. The Labute approximate surface area is 210 Å². The van der Waals surface area contributed by atoms with Crippen molar-refractivity contribution in [3.8, 4) is 0 Å². The number of sulfonamides is 1. The van der Waals surface area contributed by atoms with E-state index in [9.17, 15) is 26.4 Å². The predicted molar refractivity (Wildman–Crippen MR) is 129 cm³/mol. The van der Waals surface area contributed by atoms with Gasteiger partial charge in [-0.3, -0.25) is 9.69 Å². The van der Waals surface area contributed by atoms with Gasteiger partial charge in [0.25, 0.3) is 0 Å². The molecular weight excluding hydrogens is 515 g/mol. The van der Waals surface area contributed by atoms with Crippen molar-refractivity contribution in [2.24, 2.45) is 5.92 Å². The standard InChI is InChI=1S/C24H24F3N3O4S2/c25-16-3-6-21-22(12-16)35-24(28-21)30(14-17-2-1-11-34-17)23(31)15-7-9-29(10-8-15)36(32,33)18-4-5-19(26)20(27)13-18/h3-6,12-13,15,17H,1-2,7-11,14H2. The molecule has 2 aliphatic rings. The van der Waals surface area contributed by atoms with E-state index in [1.165, 1.54) is 27.8 Å². The third kappa shape index (κ3) is 4.99. The third-order valence-electron chi connectivity index (χ3n) is 6.58. The minimum atomic E-state index is -4.03. The Kier molecular flexibility index (Phi) is 7.03. The van der Waals surface area contributed by atoms with E-state index >= 15 is 0 Å². The molecule has 5 rings (SSSR count). The fourth-order valence-electron chi connectivity index (χ4n) is 4.61. The molecule has 1 aromatic heterocycles. The molecule has 0 radical (unpaired) electrons. The first kappa shape index (κ1) is 25.1. The van der Waals surface area contributed by atoms with E-state index in [0.29, 0.717) is 34.6 Å². The number of carbonyl (C=O) groups is 1. The van der Waals surface area contributed by atoms with Crippen LogP contribution in [0.15, 0.2) is 41.3 Å². The number of piperidine rings is 1. The summed E-state index contributed by atoms with van der Waals surface area (Å²) in [6.45, 7) is 1.07. The number of anilines is 1. The normalized spacial score (nSPS) is 19.7. The van der Waals surface area contributed by atoms with Gasteiger partial charge in [0.15, 0.2) is 16.8 Å². The number of thiazole rings is 1. The second-order valence-electron chi connectivity index (χ2n) is 8.95. The van der Waals surface area contributed by atoms with Gasteiger partial charge < -0.3 is 4.74 Å². The van der Waals surface area contributed by atoms with E-state index in [2.05, 4.69) is 4.98 Å². The fourth-order valence-corrected chi connectivity index (χ4v) is 7.09. The minimum Gasteiger partial charge on any atom is -0.376 e. The molecule has 0 bridgehead atoms. The molecular formula is C24H24F3N3O4S2. The highest BCUT2D eigenvalue weighted by Gasteiger charge is 2.36. The highest BCUT2D eigenvalue weighted by molar-refractivity contribution is 7.89. The van der Waals surface area contributed by atoms with E-state index in [-0.39, 0.29) is 48.7 Å². The second-order valence-corrected chi connectivity index (χ2v) is 11.9. The van der Waals surface area contributed by atoms with Gasteiger partial charge in [-0.15, -0.1) is 0 Å². The summed E-state index contributed by atoms with van der Waals surface area (Å²) < 4.78 is 74.0. The number of amides is 1. The minimum absolute atomic E-state index is 0.0660. The van der Waals surface area contributed by atoms with Gasteiger partial charge in [-0.25, -0.2) is 26.6 Å². The van der Waals surface area contributed by atoms with E-state index < -0.39 is 27.6 Å². The Bertz CT molecular complexity index is 1380. The smallest absolute Gasteiger partial charge is 0.243 e. The Balaban J connectivity index is 1.33. The molecule has 1 atom stereocenters. The molecule has 0 spiro atoms. The van der Waals surface area contributed by atoms with Crippen LogP contribution in [-0.4, -0.2) is 56.0 Å². The highest BCUT2D eigenvalue weighted by atomic mass is 32.2. The second kappa shape index (κ2) is 10.1. The Morgan fingerprint density at radius 2 is 1.86 bits per heavy atom. The Morgan fingerprint density at radius 1 is 1.08 bits per heavy atom. The summed E-state index contributed by atoms with van der Waals surface area (Å²) >= 11 is 1.23. The number of halogens is 3. The Hall–Kier alpha value is -2.54. The number of fused-ring (bicyclic) bond motifs is 1. The number of hydrogen-bond donors (Lipinski definition) is 0. The van der Waals surface area contributed by atoms with Gasteiger partial charge >= 0.3 is 0 Å². The van der Waals surface area contributed by atoms with Crippen LogP contribution in [0.2, 0.25) is 0 Å². The van der Waals surface area contributed by atoms with Gasteiger partial charge in [-0.1, -0.05) is 11.3 Å². The molecule has 7 nitrogen and oxygen atoms in total. The van der Waals surface area contributed by atoms with Crippen LogP contribution in [0.3, 0.4) is 0 Å². The molecule has 1 unspecified atom stereocenters. The first-order valence-corrected chi connectivity index (χ1v) is 13.9. The number of carbonyl (C=O) groups excluding carboxylic acids is 1. The zero-order chi connectivity index (χ0) is 25.4. The van der Waals surface area contributed by atoms with Crippen LogP contribution >= 0.6 is 11.3 Å². The molecule has 2 aromatic carbocycles. The third-order valence-corrected chi connectivity index (χ3v) is 9.51. The van der Waals surface area contributed by atoms with Crippen LogP contribution in [0.25, 0.3) is 10.2 Å². The monoisotopic (exact) mass is 539 g/mol. The number of rotatable bonds is 6. The molecule has 12 heteroatoms.